The Hall–Kier alpha value is -0.620. The third-order valence-corrected chi connectivity index (χ3v) is 6.63. The number of aliphatic carboxylic acids is 1. The Morgan fingerprint density at radius 3 is 2.10 bits per heavy atom. The predicted molar refractivity (Wildman–Crippen MR) is 76.9 cm³/mol. The Labute approximate surface area is 121 Å². The number of rotatable bonds is 4. The van der Waals surface area contributed by atoms with Crippen molar-refractivity contribution in [2.45, 2.75) is 65.0 Å². The largest absolute Gasteiger partial charge is 0.481 e. The summed E-state index contributed by atoms with van der Waals surface area (Å²) in [6.45, 7) is 5.80. The minimum atomic E-state index is -3.24. The monoisotopic (exact) mass is 303 g/mol. The van der Waals surface area contributed by atoms with E-state index in [2.05, 4.69) is 0 Å². The number of carbonyl (C=O) groups is 1. The van der Waals surface area contributed by atoms with Crippen molar-refractivity contribution in [1.29, 1.82) is 0 Å². The lowest BCUT2D eigenvalue weighted by Crippen LogP contribution is -2.49. The molecule has 0 aromatic carbocycles. The highest BCUT2D eigenvalue weighted by Crippen LogP contribution is 2.42. The second-order valence-corrected chi connectivity index (χ2v) is 9.34. The predicted octanol–water partition coefficient (Wildman–Crippen LogP) is 2.08. The van der Waals surface area contributed by atoms with Crippen molar-refractivity contribution < 1.29 is 18.3 Å². The molecule has 5 nitrogen and oxygen atoms in total. The molecule has 0 aromatic rings. The van der Waals surface area contributed by atoms with Crippen molar-refractivity contribution in [1.82, 2.24) is 4.31 Å². The Balaban J connectivity index is 2.11. The molecule has 2 aliphatic rings. The summed E-state index contributed by atoms with van der Waals surface area (Å²) in [6.07, 6.45) is 3.33. The van der Waals surface area contributed by atoms with E-state index < -0.39 is 16.0 Å². The molecule has 0 aliphatic carbocycles. The molecule has 0 spiro atoms. The van der Waals surface area contributed by atoms with E-state index in [1.165, 1.54) is 0 Å². The summed E-state index contributed by atoms with van der Waals surface area (Å²) in [4.78, 5) is 10.8. The van der Waals surface area contributed by atoms with Gasteiger partial charge in [-0.2, -0.15) is 4.31 Å². The van der Waals surface area contributed by atoms with Gasteiger partial charge in [-0.15, -0.1) is 0 Å². The van der Waals surface area contributed by atoms with Crippen molar-refractivity contribution in [2.24, 2.45) is 11.3 Å². The molecule has 2 aliphatic heterocycles. The maximum atomic E-state index is 12.6. The fraction of sp³-hybridized carbons (Fsp3) is 0.929. The summed E-state index contributed by atoms with van der Waals surface area (Å²) in [7, 11) is -3.24. The van der Waals surface area contributed by atoms with E-state index in [1.807, 2.05) is 20.8 Å². The zero-order valence-electron chi connectivity index (χ0n) is 12.5. The second-order valence-electron chi connectivity index (χ2n) is 7.47. The van der Waals surface area contributed by atoms with Crippen LogP contribution >= 0.6 is 0 Å². The maximum absolute atomic E-state index is 12.6. The number of hydrogen-bond donors (Lipinski definition) is 1. The van der Waals surface area contributed by atoms with Crippen LogP contribution < -0.4 is 0 Å². The fourth-order valence-corrected chi connectivity index (χ4v) is 6.27. The first kappa shape index (κ1) is 15.8. The van der Waals surface area contributed by atoms with Crippen LogP contribution in [0.3, 0.4) is 0 Å². The molecule has 20 heavy (non-hydrogen) atoms. The average molecular weight is 303 g/mol. The first-order chi connectivity index (χ1) is 9.08. The van der Waals surface area contributed by atoms with Crippen LogP contribution in [0.5, 0.6) is 0 Å². The Kier molecular flexibility index (Phi) is 4.17. The van der Waals surface area contributed by atoms with Gasteiger partial charge in [0, 0.05) is 18.5 Å². The van der Waals surface area contributed by atoms with E-state index in [4.69, 9.17) is 5.11 Å². The number of fused-ring (bicyclic) bond motifs is 2. The van der Waals surface area contributed by atoms with Gasteiger partial charge in [0.25, 0.3) is 0 Å². The van der Waals surface area contributed by atoms with Gasteiger partial charge in [0.05, 0.1) is 5.75 Å². The van der Waals surface area contributed by atoms with Gasteiger partial charge in [-0.3, -0.25) is 4.79 Å². The van der Waals surface area contributed by atoms with Gasteiger partial charge in [-0.1, -0.05) is 20.8 Å². The van der Waals surface area contributed by atoms with Gasteiger partial charge >= 0.3 is 5.97 Å². The lowest BCUT2D eigenvalue weighted by Gasteiger charge is -2.38. The molecule has 1 N–H and O–H groups in total. The highest BCUT2D eigenvalue weighted by atomic mass is 32.2. The third kappa shape index (κ3) is 3.52. The van der Waals surface area contributed by atoms with Gasteiger partial charge in [0.1, 0.15) is 0 Å². The van der Waals surface area contributed by atoms with Crippen LogP contribution in [-0.4, -0.2) is 41.6 Å². The van der Waals surface area contributed by atoms with Gasteiger partial charge in [0.15, 0.2) is 0 Å². The van der Waals surface area contributed by atoms with Crippen molar-refractivity contribution in [3.8, 4) is 0 Å². The first-order valence-corrected chi connectivity index (χ1v) is 8.92. The minimum absolute atomic E-state index is 0.0189. The molecule has 0 saturated carbocycles. The van der Waals surface area contributed by atoms with E-state index in [0.29, 0.717) is 12.8 Å². The Morgan fingerprint density at radius 2 is 1.70 bits per heavy atom. The number of carboxylic acids is 1. The normalized spacial score (nSPS) is 31.4. The lowest BCUT2D eigenvalue weighted by molar-refractivity contribution is -0.138. The molecular formula is C14H25NO4S. The molecule has 2 fully saturated rings. The topological polar surface area (TPSA) is 74.7 Å². The molecule has 2 heterocycles. The van der Waals surface area contributed by atoms with Gasteiger partial charge in [-0.25, -0.2) is 8.42 Å². The van der Waals surface area contributed by atoms with E-state index >= 15 is 0 Å². The molecule has 0 radical (unpaired) electrons. The van der Waals surface area contributed by atoms with Crippen LogP contribution in [0.1, 0.15) is 52.9 Å². The number of nitrogens with zero attached hydrogens (tertiary/aromatic N) is 1. The smallest absolute Gasteiger partial charge is 0.303 e. The van der Waals surface area contributed by atoms with Crippen LogP contribution in [-0.2, 0) is 14.8 Å². The van der Waals surface area contributed by atoms with Crippen LogP contribution in [0.25, 0.3) is 0 Å². The summed E-state index contributed by atoms with van der Waals surface area (Å²) in [5, 5.41) is 8.91. The summed E-state index contributed by atoms with van der Waals surface area (Å²) in [5.41, 5.74) is -0.254. The number of piperidine rings is 1. The highest BCUT2D eigenvalue weighted by molar-refractivity contribution is 7.89. The highest BCUT2D eigenvalue weighted by Gasteiger charge is 2.47. The number of sulfonamides is 1. The molecule has 2 rings (SSSR count). The van der Waals surface area contributed by atoms with E-state index in [1.54, 1.807) is 4.31 Å². The van der Waals surface area contributed by atoms with Gasteiger partial charge < -0.3 is 5.11 Å². The minimum Gasteiger partial charge on any atom is -0.481 e. The van der Waals surface area contributed by atoms with Crippen LogP contribution in [0.15, 0.2) is 0 Å². The second kappa shape index (κ2) is 5.30. The van der Waals surface area contributed by atoms with Gasteiger partial charge in [-0.05, 0) is 37.0 Å². The maximum Gasteiger partial charge on any atom is 0.303 e. The number of carboxylic acid groups (broad SMARTS) is 1. The molecule has 6 heteroatoms. The molecule has 2 atom stereocenters. The molecule has 2 saturated heterocycles. The van der Waals surface area contributed by atoms with Crippen molar-refractivity contribution >= 4 is 16.0 Å². The average Bonchev–Trinajstić information content (AvgIpc) is 2.48. The van der Waals surface area contributed by atoms with Crippen molar-refractivity contribution in [3.05, 3.63) is 0 Å². The Morgan fingerprint density at radius 1 is 1.20 bits per heavy atom. The fourth-order valence-electron chi connectivity index (χ4n) is 3.74. The third-order valence-electron chi connectivity index (χ3n) is 4.16. The lowest BCUT2D eigenvalue weighted by atomic mass is 9.90. The standard InChI is InChI=1S/C14H25NO4S/c1-14(2,3)9-20(18,19)15-11-4-5-12(15)7-10(6-11)8-13(16)17/h10-12H,4-9H2,1-3H3,(H,16,17). The summed E-state index contributed by atoms with van der Waals surface area (Å²) < 4.78 is 26.9. The van der Waals surface area contributed by atoms with Crippen LogP contribution in [0.4, 0.5) is 0 Å². The van der Waals surface area contributed by atoms with Gasteiger partial charge in [0.2, 0.25) is 10.0 Å². The molecular weight excluding hydrogens is 278 g/mol. The molecule has 2 bridgehead atoms. The van der Waals surface area contributed by atoms with E-state index in [0.717, 1.165) is 12.8 Å². The summed E-state index contributed by atoms with van der Waals surface area (Å²) in [6, 6.07) is 0.0379. The van der Waals surface area contributed by atoms with Crippen molar-refractivity contribution in [2.75, 3.05) is 5.75 Å². The zero-order chi connectivity index (χ0) is 15.1. The van der Waals surface area contributed by atoms with Crippen molar-refractivity contribution in [3.63, 3.8) is 0 Å². The van der Waals surface area contributed by atoms with Crippen LogP contribution in [0.2, 0.25) is 0 Å². The first-order valence-electron chi connectivity index (χ1n) is 7.31. The SMILES string of the molecule is CC(C)(C)CS(=O)(=O)N1C2CCC1CC(CC(=O)O)C2. The Bertz CT molecular complexity index is 466. The number of hydrogen-bond acceptors (Lipinski definition) is 3. The summed E-state index contributed by atoms with van der Waals surface area (Å²) >= 11 is 0. The molecule has 116 valence electrons. The molecule has 2 unspecified atom stereocenters. The quantitative estimate of drug-likeness (QED) is 0.863. The molecule has 0 aromatic heterocycles. The van der Waals surface area contributed by atoms with Crippen LogP contribution in [0, 0.1) is 11.3 Å². The van der Waals surface area contributed by atoms with E-state index in [-0.39, 0.29) is 35.6 Å². The zero-order valence-corrected chi connectivity index (χ0v) is 13.3. The summed E-state index contributed by atoms with van der Waals surface area (Å²) in [5.74, 6) is -0.483. The van der Waals surface area contributed by atoms with E-state index in [9.17, 15) is 13.2 Å². The molecule has 0 amide bonds.